The molecule has 0 saturated heterocycles. The normalized spacial score (nSPS) is 10.8. The highest BCUT2D eigenvalue weighted by molar-refractivity contribution is 6.39. The number of benzene rings is 2. The van der Waals surface area contributed by atoms with Gasteiger partial charge in [-0.2, -0.15) is 5.10 Å². The summed E-state index contributed by atoms with van der Waals surface area (Å²) in [5.74, 6) is 0.576. The van der Waals surface area contributed by atoms with Gasteiger partial charge in [-0.15, -0.1) is 0 Å². The average molecular weight is 318 g/mol. The molecule has 0 amide bonds. The number of anilines is 1. The quantitative estimate of drug-likeness (QED) is 0.748. The van der Waals surface area contributed by atoms with E-state index in [1.165, 1.54) is 0 Å². The Kier molecular flexibility index (Phi) is 3.62. The van der Waals surface area contributed by atoms with Crippen molar-refractivity contribution in [3.8, 4) is 22.4 Å². The predicted octanol–water partition coefficient (Wildman–Crippen LogP) is 4.64. The molecule has 2 aromatic carbocycles. The number of aryl methyl sites for hydroxylation is 1. The fraction of sp³-hybridized carbons (Fsp3) is 0.0625. The van der Waals surface area contributed by atoms with Gasteiger partial charge in [-0.1, -0.05) is 59.6 Å². The first-order chi connectivity index (χ1) is 10.1. The van der Waals surface area contributed by atoms with Crippen molar-refractivity contribution in [2.45, 2.75) is 0 Å². The minimum Gasteiger partial charge on any atom is -0.383 e. The van der Waals surface area contributed by atoms with Crippen LogP contribution in [0.15, 0.2) is 48.5 Å². The van der Waals surface area contributed by atoms with Gasteiger partial charge in [0.1, 0.15) is 11.5 Å². The van der Waals surface area contributed by atoms with Crippen LogP contribution in [0.5, 0.6) is 0 Å². The van der Waals surface area contributed by atoms with Crippen molar-refractivity contribution < 1.29 is 0 Å². The van der Waals surface area contributed by atoms with Crippen LogP contribution in [0.1, 0.15) is 0 Å². The first kappa shape index (κ1) is 14.0. The molecule has 0 saturated carbocycles. The van der Waals surface area contributed by atoms with E-state index in [9.17, 15) is 0 Å². The summed E-state index contributed by atoms with van der Waals surface area (Å²) in [5.41, 5.74) is 9.40. The van der Waals surface area contributed by atoms with E-state index in [2.05, 4.69) is 5.10 Å². The Balaban J connectivity index is 2.33. The Morgan fingerprint density at radius 3 is 2.14 bits per heavy atom. The number of rotatable bonds is 2. The van der Waals surface area contributed by atoms with E-state index in [0.29, 0.717) is 27.1 Å². The molecule has 0 spiro atoms. The van der Waals surface area contributed by atoms with Crippen molar-refractivity contribution in [2.75, 3.05) is 5.73 Å². The van der Waals surface area contributed by atoms with Crippen molar-refractivity contribution in [2.24, 2.45) is 7.05 Å². The second-order valence-electron chi connectivity index (χ2n) is 4.70. The van der Waals surface area contributed by atoms with Gasteiger partial charge in [0.15, 0.2) is 0 Å². The molecule has 0 aliphatic rings. The van der Waals surface area contributed by atoms with Crippen molar-refractivity contribution in [3.05, 3.63) is 58.6 Å². The highest BCUT2D eigenvalue weighted by Gasteiger charge is 2.21. The van der Waals surface area contributed by atoms with Crippen LogP contribution in [-0.4, -0.2) is 9.78 Å². The minimum absolute atomic E-state index is 0.554. The van der Waals surface area contributed by atoms with Gasteiger partial charge in [0.25, 0.3) is 0 Å². The topological polar surface area (TPSA) is 43.8 Å². The molecule has 0 bridgehead atoms. The molecule has 0 aliphatic heterocycles. The van der Waals surface area contributed by atoms with Gasteiger partial charge >= 0.3 is 0 Å². The van der Waals surface area contributed by atoms with Gasteiger partial charge in [-0.05, 0) is 17.7 Å². The molecule has 3 rings (SSSR count). The van der Waals surface area contributed by atoms with Crippen LogP contribution in [0.25, 0.3) is 22.4 Å². The molecule has 1 heterocycles. The second kappa shape index (κ2) is 5.43. The maximum absolute atomic E-state index is 6.31. The molecule has 3 nitrogen and oxygen atoms in total. The minimum atomic E-state index is 0.554. The lowest BCUT2D eigenvalue weighted by molar-refractivity contribution is 0.782. The first-order valence-electron chi connectivity index (χ1n) is 6.42. The van der Waals surface area contributed by atoms with E-state index < -0.39 is 0 Å². The summed E-state index contributed by atoms with van der Waals surface area (Å²) < 4.78 is 1.64. The molecule has 2 N–H and O–H groups in total. The van der Waals surface area contributed by atoms with E-state index in [4.69, 9.17) is 28.9 Å². The average Bonchev–Trinajstić information content (AvgIpc) is 2.75. The number of nitrogens with zero attached hydrogens (tertiary/aromatic N) is 2. The number of hydrogen-bond acceptors (Lipinski definition) is 2. The molecule has 21 heavy (non-hydrogen) atoms. The molecule has 1 aromatic heterocycles. The van der Waals surface area contributed by atoms with E-state index in [1.54, 1.807) is 23.9 Å². The lowest BCUT2D eigenvalue weighted by atomic mass is 10.0. The number of halogens is 2. The molecule has 0 atom stereocenters. The zero-order valence-corrected chi connectivity index (χ0v) is 12.9. The largest absolute Gasteiger partial charge is 0.383 e. The molecular formula is C16H13Cl2N3. The highest BCUT2D eigenvalue weighted by Crippen LogP contribution is 2.41. The Morgan fingerprint density at radius 1 is 0.905 bits per heavy atom. The maximum atomic E-state index is 6.31. The van der Waals surface area contributed by atoms with Crippen LogP contribution in [0, 0.1) is 0 Å². The Labute approximate surface area is 132 Å². The number of nitrogens with two attached hydrogens (primary N) is 1. The van der Waals surface area contributed by atoms with E-state index >= 15 is 0 Å². The van der Waals surface area contributed by atoms with Crippen LogP contribution in [0.4, 0.5) is 5.82 Å². The van der Waals surface area contributed by atoms with Crippen LogP contribution in [0.2, 0.25) is 10.0 Å². The van der Waals surface area contributed by atoms with Crippen LogP contribution < -0.4 is 5.73 Å². The van der Waals surface area contributed by atoms with Crippen LogP contribution in [-0.2, 0) is 7.05 Å². The Morgan fingerprint density at radius 2 is 1.52 bits per heavy atom. The zero-order chi connectivity index (χ0) is 15.0. The van der Waals surface area contributed by atoms with Gasteiger partial charge in [-0.25, -0.2) is 0 Å². The summed E-state index contributed by atoms with van der Waals surface area (Å²) in [6, 6.07) is 15.2. The Hall–Kier alpha value is -1.97. The maximum Gasteiger partial charge on any atom is 0.129 e. The summed E-state index contributed by atoms with van der Waals surface area (Å²) >= 11 is 12.6. The summed E-state index contributed by atoms with van der Waals surface area (Å²) in [4.78, 5) is 0. The van der Waals surface area contributed by atoms with Crippen LogP contribution in [0.3, 0.4) is 0 Å². The van der Waals surface area contributed by atoms with Crippen molar-refractivity contribution >= 4 is 29.0 Å². The van der Waals surface area contributed by atoms with Crippen molar-refractivity contribution in [1.82, 2.24) is 9.78 Å². The summed E-state index contributed by atoms with van der Waals surface area (Å²) in [7, 11) is 1.80. The lowest BCUT2D eigenvalue weighted by Crippen LogP contribution is -1.97. The molecule has 0 unspecified atom stereocenters. The van der Waals surface area contributed by atoms with Gasteiger partial charge in [0, 0.05) is 12.6 Å². The highest BCUT2D eigenvalue weighted by atomic mass is 35.5. The van der Waals surface area contributed by atoms with E-state index in [1.807, 2.05) is 36.4 Å². The number of hydrogen-bond donors (Lipinski definition) is 1. The third-order valence-electron chi connectivity index (χ3n) is 3.35. The first-order valence-corrected chi connectivity index (χ1v) is 7.17. The Bertz CT molecular complexity index is 775. The van der Waals surface area contributed by atoms with Gasteiger partial charge < -0.3 is 5.73 Å². The van der Waals surface area contributed by atoms with Crippen LogP contribution >= 0.6 is 23.2 Å². The molecule has 106 valence electrons. The molecule has 0 aliphatic carbocycles. The smallest absolute Gasteiger partial charge is 0.129 e. The van der Waals surface area contributed by atoms with Gasteiger partial charge in [-0.3, -0.25) is 4.68 Å². The molecular weight excluding hydrogens is 305 g/mol. The summed E-state index contributed by atoms with van der Waals surface area (Å²) in [6.07, 6.45) is 0. The third kappa shape index (κ3) is 2.39. The number of aromatic nitrogens is 2. The predicted molar refractivity (Wildman–Crippen MR) is 88.5 cm³/mol. The molecule has 3 aromatic rings. The summed E-state index contributed by atoms with van der Waals surface area (Å²) in [6.45, 7) is 0. The molecule has 0 fully saturated rings. The SMILES string of the molecule is Cn1nc(-c2c(Cl)cccc2Cl)c(-c2ccccc2)c1N. The zero-order valence-electron chi connectivity index (χ0n) is 11.3. The van der Waals surface area contributed by atoms with Crippen molar-refractivity contribution in [3.63, 3.8) is 0 Å². The van der Waals surface area contributed by atoms with Gasteiger partial charge in [0.05, 0.1) is 15.6 Å². The fourth-order valence-electron chi connectivity index (χ4n) is 2.33. The van der Waals surface area contributed by atoms with Gasteiger partial charge in [0.2, 0.25) is 0 Å². The summed E-state index contributed by atoms with van der Waals surface area (Å²) in [5, 5.41) is 5.61. The fourth-order valence-corrected chi connectivity index (χ4v) is 2.90. The monoisotopic (exact) mass is 317 g/mol. The third-order valence-corrected chi connectivity index (χ3v) is 3.98. The lowest BCUT2D eigenvalue weighted by Gasteiger charge is -2.07. The van der Waals surface area contributed by atoms with Crippen molar-refractivity contribution in [1.29, 1.82) is 0 Å². The number of nitrogen functional groups attached to an aromatic ring is 1. The van der Waals surface area contributed by atoms with E-state index in [0.717, 1.165) is 11.1 Å². The second-order valence-corrected chi connectivity index (χ2v) is 5.51. The molecule has 5 heteroatoms. The van der Waals surface area contributed by atoms with E-state index in [-0.39, 0.29) is 0 Å². The molecule has 0 radical (unpaired) electrons. The standard InChI is InChI=1S/C16H13Cl2N3/c1-21-16(19)13(10-6-3-2-4-7-10)15(20-21)14-11(17)8-5-9-12(14)18/h2-9H,19H2,1H3.